The van der Waals surface area contributed by atoms with Crippen molar-refractivity contribution in [2.75, 3.05) is 0 Å². The number of fused-ring (bicyclic) bond motifs is 3. The zero-order chi connectivity index (χ0) is 19.7. The van der Waals surface area contributed by atoms with Crippen molar-refractivity contribution in [2.24, 2.45) is 5.92 Å². The van der Waals surface area contributed by atoms with Gasteiger partial charge < -0.3 is 10.3 Å². The Morgan fingerprint density at radius 3 is 3.04 bits per heavy atom. The van der Waals surface area contributed by atoms with Crippen LogP contribution >= 0.6 is 11.3 Å². The molecule has 6 nitrogen and oxygen atoms in total. The minimum atomic E-state index is -0.0784. The average Bonchev–Trinajstić information content (AvgIpc) is 3.02. The minimum absolute atomic E-state index is 0.0728. The zero-order valence-corrected chi connectivity index (χ0v) is 17.0. The summed E-state index contributed by atoms with van der Waals surface area (Å²) in [5.41, 5.74) is 2.87. The van der Waals surface area contributed by atoms with Gasteiger partial charge in [-0.3, -0.25) is 14.6 Å². The van der Waals surface area contributed by atoms with E-state index < -0.39 is 0 Å². The molecule has 0 bridgehead atoms. The number of pyridine rings is 1. The second-order valence-electron chi connectivity index (χ2n) is 7.59. The van der Waals surface area contributed by atoms with Crippen LogP contribution in [0.3, 0.4) is 0 Å². The second-order valence-corrected chi connectivity index (χ2v) is 8.68. The summed E-state index contributed by atoms with van der Waals surface area (Å²) in [7, 11) is 0. The Hall–Kier alpha value is -2.54. The summed E-state index contributed by atoms with van der Waals surface area (Å²) in [4.78, 5) is 38.8. The molecule has 0 saturated carbocycles. The molecule has 1 unspecified atom stereocenters. The summed E-state index contributed by atoms with van der Waals surface area (Å²) in [6.07, 6.45) is 3.80. The highest BCUT2D eigenvalue weighted by molar-refractivity contribution is 7.18. The molecule has 0 saturated heterocycles. The van der Waals surface area contributed by atoms with Gasteiger partial charge in [-0.25, -0.2) is 4.98 Å². The van der Waals surface area contributed by atoms with E-state index in [0.29, 0.717) is 24.7 Å². The molecule has 3 aromatic rings. The maximum Gasteiger partial charge on any atom is 0.259 e. The summed E-state index contributed by atoms with van der Waals surface area (Å²) in [6.45, 7) is 4.58. The third-order valence-electron chi connectivity index (χ3n) is 5.22. The van der Waals surface area contributed by atoms with E-state index in [1.54, 1.807) is 11.3 Å². The fourth-order valence-electron chi connectivity index (χ4n) is 3.72. The van der Waals surface area contributed by atoms with Gasteiger partial charge in [-0.1, -0.05) is 13.0 Å². The van der Waals surface area contributed by atoms with Gasteiger partial charge >= 0.3 is 0 Å². The first-order valence-corrected chi connectivity index (χ1v) is 10.5. The van der Waals surface area contributed by atoms with Gasteiger partial charge in [0.15, 0.2) is 0 Å². The first-order chi connectivity index (χ1) is 13.5. The molecule has 1 atom stereocenters. The predicted molar refractivity (Wildman–Crippen MR) is 111 cm³/mol. The van der Waals surface area contributed by atoms with Crippen molar-refractivity contribution in [2.45, 2.75) is 52.5 Å². The largest absolute Gasteiger partial charge is 0.350 e. The highest BCUT2D eigenvalue weighted by atomic mass is 32.1. The highest BCUT2D eigenvalue weighted by Crippen LogP contribution is 2.35. The number of amides is 1. The summed E-state index contributed by atoms with van der Waals surface area (Å²) in [6, 6.07) is 5.74. The molecule has 0 aromatic carbocycles. The van der Waals surface area contributed by atoms with Gasteiger partial charge in [0.05, 0.1) is 17.6 Å². The van der Waals surface area contributed by atoms with Crippen molar-refractivity contribution in [1.29, 1.82) is 0 Å². The van der Waals surface area contributed by atoms with Gasteiger partial charge in [0.25, 0.3) is 5.56 Å². The van der Waals surface area contributed by atoms with Crippen LogP contribution in [0.1, 0.15) is 47.4 Å². The number of aryl methyl sites for hydroxylation is 3. The first-order valence-electron chi connectivity index (χ1n) is 9.72. The van der Waals surface area contributed by atoms with Crippen molar-refractivity contribution >= 4 is 27.5 Å². The summed E-state index contributed by atoms with van der Waals surface area (Å²) >= 11 is 1.63. The van der Waals surface area contributed by atoms with Crippen LogP contribution in [-0.4, -0.2) is 20.9 Å². The molecular formula is C21H24N4O2S. The van der Waals surface area contributed by atoms with E-state index in [4.69, 9.17) is 0 Å². The Labute approximate surface area is 167 Å². The molecule has 0 radical (unpaired) electrons. The van der Waals surface area contributed by atoms with Crippen molar-refractivity contribution in [3.63, 3.8) is 0 Å². The fourth-order valence-corrected chi connectivity index (χ4v) is 5.12. The molecule has 3 heterocycles. The number of hydrogen-bond donors (Lipinski definition) is 2. The van der Waals surface area contributed by atoms with E-state index in [-0.39, 0.29) is 17.9 Å². The molecule has 146 valence electrons. The number of H-pyrrole nitrogens is 1. The number of carbonyl (C=O) groups is 1. The molecular weight excluding hydrogens is 372 g/mol. The SMILES string of the molecule is Cc1cccc(CNC(=O)CCc2nc3sc4c(c3c(=O)[nH]2)CCC(C)C4)n1. The Balaban J connectivity index is 1.42. The van der Waals surface area contributed by atoms with Gasteiger partial charge in [-0.05, 0) is 49.8 Å². The molecule has 28 heavy (non-hydrogen) atoms. The van der Waals surface area contributed by atoms with Crippen LogP contribution in [0.25, 0.3) is 10.2 Å². The lowest BCUT2D eigenvalue weighted by atomic mass is 9.89. The van der Waals surface area contributed by atoms with E-state index in [9.17, 15) is 9.59 Å². The van der Waals surface area contributed by atoms with Gasteiger partial charge in [0.1, 0.15) is 10.7 Å². The average molecular weight is 397 g/mol. The van der Waals surface area contributed by atoms with Crippen molar-refractivity contribution in [1.82, 2.24) is 20.3 Å². The Bertz CT molecular complexity index is 1090. The second kappa shape index (κ2) is 7.83. The Morgan fingerprint density at radius 2 is 2.21 bits per heavy atom. The number of carbonyl (C=O) groups excluding carboxylic acids is 1. The van der Waals surface area contributed by atoms with E-state index in [1.807, 2.05) is 25.1 Å². The van der Waals surface area contributed by atoms with Crippen molar-refractivity contribution in [3.8, 4) is 0 Å². The molecule has 2 N–H and O–H groups in total. The lowest BCUT2D eigenvalue weighted by Gasteiger charge is -2.17. The normalized spacial score (nSPS) is 16.1. The van der Waals surface area contributed by atoms with Gasteiger partial charge in [0.2, 0.25) is 5.91 Å². The van der Waals surface area contributed by atoms with Crippen LogP contribution in [-0.2, 0) is 30.6 Å². The highest BCUT2D eigenvalue weighted by Gasteiger charge is 2.23. The van der Waals surface area contributed by atoms with Crippen LogP contribution < -0.4 is 10.9 Å². The molecule has 0 spiro atoms. The zero-order valence-electron chi connectivity index (χ0n) is 16.2. The molecule has 1 aliphatic carbocycles. The maximum absolute atomic E-state index is 12.6. The van der Waals surface area contributed by atoms with Crippen LogP contribution in [0.4, 0.5) is 0 Å². The third-order valence-corrected chi connectivity index (χ3v) is 6.36. The van der Waals surface area contributed by atoms with Crippen molar-refractivity contribution < 1.29 is 4.79 Å². The lowest BCUT2D eigenvalue weighted by Crippen LogP contribution is -2.24. The number of thiophene rings is 1. The third kappa shape index (κ3) is 3.99. The van der Waals surface area contributed by atoms with E-state index >= 15 is 0 Å². The molecule has 4 rings (SSSR count). The summed E-state index contributed by atoms with van der Waals surface area (Å²) in [5.74, 6) is 1.16. The summed E-state index contributed by atoms with van der Waals surface area (Å²) < 4.78 is 0. The molecule has 7 heteroatoms. The van der Waals surface area contributed by atoms with Crippen LogP contribution in [0.2, 0.25) is 0 Å². The number of aromatic amines is 1. The van der Waals surface area contributed by atoms with E-state index in [0.717, 1.165) is 40.9 Å². The number of aromatic nitrogens is 3. The van der Waals surface area contributed by atoms with Gasteiger partial charge in [0, 0.05) is 23.4 Å². The smallest absolute Gasteiger partial charge is 0.259 e. The quantitative estimate of drug-likeness (QED) is 0.694. The Morgan fingerprint density at radius 1 is 1.36 bits per heavy atom. The lowest BCUT2D eigenvalue weighted by molar-refractivity contribution is -0.121. The fraction of sp³-hybridized carbons (Fsp3) is 0.429. The van der Waals surface area contributed by atoms with E-state index in [1.165, 1.54) is 10.4 Å². The number of nitrogens with zero attached hydrogens (tertiary/aromatic N) is 2. The maximum atomic E-state index is 12.6. The number of rotatable bonds is 5. The van der Waals surface area contributed by atoms with Gasteiger partial charge in [-0.2, -0.15) is 0 Å². The summed E-state index contributed by atoms with van der Waals surface area (Å²) in [5, 5.41) is 3.63. The predicted octanol–water partition coefficient (Wildman–Crippen LogP) is 3.06. The van der Waals surface area contributed by atoms with Crippen LogP contribution in [0, 0.1) is 12.8 Å². The standard InChI is InChI=1S/C21H24N4O2S/c1-12-6-7-15-16(10-12)28-21-19(15)20(27)24-17(25-21)8-9-18(26)22-11-14-5-3-4-13(2)23-14/h3-5,12H,6-11H2,1-2H3,(H,22,26)(H,24,25,27). The number of nitrogens with one attached hydrogen (secondary N) is 2. The molecule has 3 aromatic heterocycles. The van der Waals surface area contributed by atoms with Crippen LogP contribution in [0.15, 0.2) is 23.0 Å². The van der Waals surface area contributed by atoms with Gasteiger partial charge in [-0.15, -0.1) is 11.3 Å². The molecule has 1 amide bonds. The Kier molecular flexibility index (Phi) is 5.26. The first kappa shape index (κ1) is 18.8. The van der Waals surface area contributed by atoms with Crippen LogP contribution in [0.5, 0.6) is 0 Å². The van der Waals surface area contributed by atoms with E-state index in [2.05, 4.69) is 27.2 Å². The monoisotopic (exact) mass is 396 g/mol. The minimum Gasteiger partial charge on any atom is -0.350 e. The van der Waals surface area contributed by atoms with Crippen molar-refractivity contribution in [3.05, 3.63) is 56.2 Å². The molecule has 0 aliphatic heterocycles. The molecule has 0 fully saturated rings. The number of hydrogen-bond acceptors (Lipinski definition) is 5. The topological polar surface area (TPSA) is 87.7 Å². The molecule has 1 aliphatic rings.